The van der Waals surface area contributed by atoms with Gasteiger partial charge in [-0.2, -0.15) is 5.10 Å². The van der Waals surface area contributed by atoms with Crippen LogP contribution in [0, 0.1) is 5.92 Å². The number of carbonyl (C=O) groups excluding carboxylic acids is 1. The number of pyridine rings is 1. The van der Waals surface area contributed by atoms with E-state index in [1.807, 2.05) is 28.8 Å². The molecule has 1 amide bonds. The maximum absolute atomic E-state index is 12.8. The molecule has 0 bridgehead atoms. The quantitative estimate of drug-likeness (QED) is 0.547. The van der Waals surface area contributed by atoms with Gasteiger partial charge in [-0.05, 0) is 36.6 Å². The molecular formula is C19H20N6O2. The van der Waals surface area contributed by atoms with Crippen molar-refractivity contribution in [2.75, 3.05) is 0 Å². The largest absolute Gasteiger partial charge is 0.463 e. The summed E-state index contributed by atoms with van der Waals surface area (Å²) in [7, 11) is 0. The number of rotatable bonds is 6. The molecule has 4 aromatic rings. The first-order chi connectivity index (χ1) is 13.1. The first-order valence-corrected chi connectivity index (χ1v) is 8.81. The minimum atomic E-state index is -0.279. The van der Waals surface area contributed by atoms with Gasteiger partial charge >= 0.3 is 0 Å². The lowest BCUT2D eigenvalue weighted by Crippen LogP contribution is -2.31. The lowest BCUT2D eigenvalue weighted by atomic mass is 10.0. The number of nitrogens with zero attached hydrogens (tertiary/aromatic N) is 4. The first kappa shape index (κ1) is 17.0. The van der Waals surface area contributed by atoms with Gasteiger partial charge in [0, 0.05) is 12.3 Å². The molecule has 8 heteroatoms. The molecule has 0 aliphatic heterocycles. The van der Waals surface area contributed by atoms with Crippen molar-refractivity contribution in [3.8, 4) is 11.5 Å². The number of furan rings is 1. The molecule has 0 radical (unpaired) electrons. The third-order valence-electron chi connectivity index (χ3n) is 4.26. The molecular weight excluding hydrogens is 344 g/mol. The lowest BCUT2D eigenvalue weighted by molar-refractivity contribution is 0.0924. The van der Waals surface area contributed by atoms with Crippen LogP contribution in [0.15, 0.2) is 53.3 Å². The molecule has 0 aliphatic carbocycles. The number of aromatic nitrogens is 5. The smallest absolute Gasteiger partial charge is 0.272 e. The van der Waals surface area contributed by atoms with Gasteiger partial charge < -0.3 is 9.73 Å². The van der Waals surface area contributed by atoms with Crippen molar-refractivity contribution in [1.29, 1.82) is 0 Å². The van der Waals surface area contributed by atoms with E-state index >= 15 is 0 Å². The zero-order valence-electron chi connectivity index (χ0n) is 15.1. The third-order valence-corrected chi connectivity index (χ3v) is 4.26. The molecule has 1 unspecified atom stereocenters. The summed E-state index contributed by atoms with van der Waals surface area (Å²) in [6.07, 6.45) is 4.20. The van der Waals surface area contributed by atoms with Gasteiger partial charge in [0.2, 0.25) is 0 Å². The van der Waals surface area contributed by atoms with Gasteiger partial charge in [0.1, 0.15) is 5.69 Å². The summed E-state index contributed by atoms with van der Waals surface area (Å²) in [5, 5.41) is 18.5. The number of hydrogen-bond acceptors (Lipinski definition) is 5. The number of carbonyl (C=O) groups is 1. The highest BCUT2D eigenvalue weighted by Gasteiger charge is 2.23. The van der Waals surface area contributed by atoms with Crippen LogP contribution in [0.1, 0.15) is 42.6 Å². The van der Waals surface area contributed by atoms with E-state index in [2.05, 4.69) is 39.6 Å². The second-order valence-corrected chi connectivity index (χ2v) is 6.79. The monoisotopic (exact) mass is 364 g/mol. The van der Waals surface area contributed by atoms with Crippen LogP contribution in [0.5, 0.6) is 0 Å². The van der Waals surface area contributed by atoms with Crippen LogP contribution in [0.3, 0.4) is 0 Å². The predicted molar refractivity (Wildman–Crippen MR) is 98.9 cm³/mol. The Bertz CT molecular complexity index is 1050. The Labute approximate surface area is 155 Å². The van der Waals surface area contributed by atoms with Crippen molar-refractivity contribution in [3.05, 3.63) is 60.4 Å². The van der Waals surface area contributed by atoms with E-state index in [9.17, 15) is 4.79 Å². The van der Waals surface area contributed by atoms with E-state index < -0.39 is 0 Å². The average molecular weight is 364 g/mol. The van der Waals surface area contributed by atoms with Crippen LogP contribution < -0.4 is 5.32 Å². The molecule has 27 heavy (non-hydrogen) atoms. The normalized spacial score (nSPS) is 12.6. The summed E-state index contributed by atoms with van der Waals surface area (Å²) in [5.41, 5.74) is 1.69. The van der Waals surface area contributed by atoms with Crippen molar-refractivity contribution in [2.24, 2.45) is 5.92 Å². The van der Waals surface area contributed by atoms with Crippen LogP contribution in [-0.4, -0.2) is 30.7 Å². The Hall–Kier alpha value is -3.42. The third kappa shape index (κ3) is 3.46. The van der Waals surface area contributed by atoms with Crippen molar-refractivity contribution >= 4 is 11.6 Å². The highest BCUT2D eigenvalue weighted by atomic mass is 16.3. The van der Waals surface area contributed by atoms with Gasteiger partial charge in [-0.25, -0.2) is 0 Å². The minimum absolute atomic E-state index is 0.276. The summed E-state index contributed by atoms with van der Waals surface area (Å²) in [5.74, 6) is 1.42. The predicted octanol–water partition coefficient (Wildman–Crippen LogP) is 3.23. The standard InChI is InChI=1S/C19H20N6O2/c1-12(2)10-14(18-24-23-17-7-3-4-8-25(17)18)20-19(26)15-11-13(21-22-15)16-6-5-9-27-16/h3-9,11-12,14H,10H2,1-2H3,(H,20,26)(H,21,22). The number of aromatic amines is 1. The SMILES string of the molecule is CC(C)CC(NC(=O)c1cc(-c2ccco2)[nH]n1)c1nnc2ccccn12. The van der Waals surface area contributed by atoms with E-state index in [1.165, 1.54) is 0 Å². The number of amides is 1. The number of nitrogens with one attached hydrogen (secondary N) is 2. The summed E-state index contributed by atoms with van der Waals surface area (Å²) in [6, 6.07) is 10.7. The number of fused-ring (bicyclic) bond motifs is 1. The zero-order valence-corrected chi connectivity index (χ0v) is 15.1. The Morgan fingerprint density at radius 2 is 2.15 bits per heavy atom. The highest BCUT2D eigenvalue weighted by molar-refractivity contribution is 5.93. The van der Waals surface area contributed by atoms with Gasteiger partial charge in [0.25, 0.3) is 5.91 Å². The molecule has 0 saturated carbocycles. The fourth-order valence-corrected chi connectivity index (χ4v) is 3.03. The fraction of sp³-hybridized carbons (Fsp3) is 0.263. The molecule has 4 aromatic heterocycles. The van der Waals surface area contributed by atoms with Gasteiger partial charge in [0.15, 0.2) is 22.9 Å². The van der Waals surface area contributed by atoms with Crippen molar-refractivity contribution in [2.45, 2.75) is 26.3 Å². The molecule has 138 valence electrons. The van der Waals surface area contributed by atoms with Gasteiger partial charge in [-0.3, -0.25) is 14.3 Å². The van der Waals surface area contributed by atoms with Gasteiger partial charge in [-0.1, -0.05) is 19.9 Å². The van der Waals surface area contributed by atoms with Gasteiger partial charge in [0.05, 0.1) is 12.3 Å². The van der Waals surface area contributed by atoms with E-state index in [4.69, 9.17) is 4.42 Å². The average Bonchev–Trinajstić information content (AvgIpc) is 3.39. The van der Waals surface area contributed by atoms with Crippen LogP contribution in [0.25, 0.3) is 17.1 Å². The topological polar surface area (TPSA) is 101 Å². The second-order valence-electron chi connectivity index (χ2n) is 6.79. The minimum Gasteiger partial charge on any atom is -0.463 e. The van der Waals surface area contributed by atoms with Crippen LogP contribution in [0.4, 0.5) is 0 Å². The van der Waals surface area contributed by atoms with Gasteiger partial charge in [-0.15, -0.1) is 10.2 Å². The molecule has 4 heterocycles. The molecule has 0 fully saturated rings. The Balaban J connectivity index is 1.59. The Morgan fingerprint density at radius 1 is 1.26 bits per heavy atom. The molecule has 0 saturated heterocycles. The van der Waals surface area contributed by atoms with E-state index in [-0.39, 0.29) is 11.9 Å². The summed E-state index contributed by atoms with van der Waals surface area (Å²) < 4.78 is 7.22. The lowest BCUT2D eigenvalue weighted by Gasteiger charge is -2.18. The summed E-state index contributed by atoms with van der Waals surface area (Å²) in [4.78, 5) is 12.8. The maximum Gasteiger partial charge on any atom is 0.272 e. The van der Waals surface area contributed by atoms with Crippen molar-refractivity contribution in [1.82, 2.24) is 30.1 Å². The highest BCUT2D eigenvalue weighted by Crippen LogP contribution is 2.22. The zero-order chi connectivity index (χ0) is 18.8. The van der Waals surface area contributed by atoms with E-state index in [0.29, 0.717) is 28.9 Å². The molecule has 0 aliphatic rings. The molecule has 0 aromatic carbocycles. The molecule has 4 rings (SSSR count). The molecule has 0 spiro atoms. The van der Waals surface area contributed by atoms with Crippen LogP contribution >= 0.6 is 0 Å². The van der Waals surface area contributed by atoms with Crippen LogP contribution in [0.2, 0.25) is 0 Å². The van der Waals surface area contributed by atoms with E-state index in [0.717, 1.165) is 12.1 Å². The second kappa shape index (κ2) is 7.06. The first-order valence-electron chi connectivity index (χ1n) is 8.81. The maximum atomic E-state index is 12.8. The molecule has 2 N–H and O–H groups in total. The summed E-state index contributed by atoms with van der Waals surface area (Å²) in [6.45, 7) is 4.21. The van der Waals surface area contributed by atoms with Crippen molar-refractivity contribution in [3.63, 3.8) is 0 Å². The number of H-pyrrole nitrogens is 1. The van der Waals surface area contributed by atoms with Crippen LogP contribution in [-0.2, 0) is 0 Å². The van der Waals surface area contributed by atoms with Crippen molar-refractivity contribution < 1.29 is 9.21 Å². The Kier molecular flexibility index (Phi) is 4.45. The van der Waals surface area contributed by atoms with E-state index in [1.54, 1.807) is 24.5 Å². The fourth-order valence-electron chi connectivity index (χ4n) is 3.03. The summed E-state index contributed by atoms with van der Waals surface area (Å²) >= 11 is 0. The number of hydrogen-bond donors (Lipinski definition) is 2. The molecule has 1 atom stereocenters. The molecule has 8 nitrogen and oxygen atoms in total. The Morgan fingerprint density at radius 3 is 2.93 bits per heavy atom.